The summed E-state index contributed by atoms with van der Waals surface area (Å²) in [5.41, 5.74) is 0.958. The fourth-order valence-corrected chi connectivity index (χ4v) is 1.93. The van der Waals surface area contributed by atoms with Crippen LogP contribution in [-0.2, 0) is 0 Å². The van der Waals surface area contributed by atoms with Gasteiger partial charge < -0.3 is 9.72 Å². The summed E-state index contributed by atoms with van der Waals surface area (Å²) in [5, 5.41) is 1.15. The van der Waals surface area contributed by atoms with Crippen LogP contribution in [0.4, 0.5) is 0 Å². The van der Waals surface area contributed by atoms with Gasteiger partial charge in [-0.15, -0.1) is 0 Å². The van der Waals surface area contributed by atoms with E-state index in [-0.39, 0.29) is 5.60 Å². The van der Waals surface area contributed by atoms with Crippen molar-refractivity contribution in [2.45, 2.75) is 26.4 Å². The normalized spacial score (nSPS) is 12.0. The highest BCUT2D eigenvalue weighted by atomic mass is 79.9. The first-order chi connectivity index (χ1) is 6.96. The van der Waals surface area contributed by atoms with Gasteiger partial charge >= 0.3 is 0 Å². The van der Waals surface area contributed by atoms with Crippen LogP contribution in [0.5, 0.6) is 5.75 Å². The first kappa shape index (κ1) is 10.6. The molecule has 1 aromatic carbocycles. The highest BCUT2D eigenvalue weighted by molar-refractivity contribution is 9.10. The Labute approximate surface area is 97.8 Å². The molecule has 15 heavy (non-hydrogen) atoms. The summed E-state index contributed by atoms with van der Waals surface area (Å²) < 4.78 is 6.87. The van der Waals surface area contributed by atoms with Crippen molar-refractivity contribution < 1.29 is 4.74 Å². The van der Waals surface area contributed by atoms with Crippen LogP contribution in [0.2, 0.25) is 0 Å². The van der Waals surface area contributed by atoms with Gasteiger partial charge in [0.25, 0.3) is 0 Å². The quantitative estimate of drug-likeness (QED) is 0.827. The van der Waals surface area contributed by atoms with Gasteiger partial charge in [-0.2, -0.15) is 0 Å². The number of halogens is 1. The summed E-state index contributed by atoms with van der Waals surface area (Å²) in [7, 11) is 0. The van der Waals surface area contributed by atoms with Crippen molar-refractivity contribution in [2.24, 2.45) is 0 Å². The van der Waals surface area contributed by atoms with Crippen molar-refractivity contribution in [3.63, 3.8) is 0 Å². The molecule has 0 bridgehead atoms. The molecule has 3 heteroatoms. The summed E-state index contributed by atoms with van der Waals surface area (Å²) in [4.78, 5) is 3.18. The van der Waals surface area contributed by atoms with Gasteiger partial charge in [-0.3, -0.25) is 0 Å². The predicted octanol–water partition coefficient (Wildman–Crippen LogP) is 4.11. The lowest BCUT2D eigenvalue weighted by molar-refractivity contribution is 0.131. The average molecular weight is 268 g/mol. The lowest BCUT2D eigenvalue weighted by Gasteiger charge is -2.21. The molecule has 80 valence electrons. The molecule has 2 nitrogen and oxygen atoms in total. The predicted molar refractivity (Wildman–Crippen MR) is 66.4 cm³/mol. The minimum atomic E-state index is -0.156. The zero-order valence-electron chi connectivity index (χ0n) is 9.10. The highest BCUT2D eigenvalue weighted by Gasteiger charge is 2.12. The Hall–Kier alpha value is -0.960. The summed E-state index contributed by atoms with van der Waals surface area (Å²) in [6, 6.07) is 6.05. The number of nitrogens with one attached hydrogen (secondary N) is 1. The number of ether oxygens (including phenoxy) is 1. The van der Waals surface area contributed by atoms with Crippen LogP contribution in [0.25, 0.3) is 10.9 Å². The van der Waals surface area contributed by atoms with Crippen molar-refractivity contribution in [1.29, 1.82) is 0 Å². The number of hydrogen-bond acceptors (Lipinski definition) is 1. The first-order valence-corrected chi connectivity index (χ1v) is 5.71. The minimum absolute atomic E-state index is 0.156. The van der Waals surface area contributed by atoms with Crippen LogP contribution in [0.15, 0.2) is 28.9 Å². The second-order valence-electron chi connectivity index (χ2n) is 4.56. The van der Waals surface area contributed by atoms with Gasteiger partial charge in [-0.1, -0.05) is 0 Å². The molecule has 0 aliphatic carbocycles. The van der Waals surface area contributed by atoms with E-state index in [1.807, 2.05) is 45.2 Å². The van der Waals surface area contributed by atoms with Crippen molar-refractivity contribution in [3.05, 3.63) is 28.9 Å². The maximum Gasteiger partial charge on any atom is 0.120 e. The fourth-order valence-electron chi connectivity index (χ4n) is 1.48. The first-order valence-electron chi connectivity index (χ1n) is 4.91. The number of benzene rings is 1. The molecule has 1 aromatic heterocycles. The Balaban J connectivity index is 2.42. The molecule has 2 aromatic rings. The van der Waals surface area contributed by atoms with E-state index in [1.54, 1.807) is 0 Å². The number of aromatic amines is 1. The molecule has 0 saturated carbocycles. The van der Waals surface area contributed by atoms with Crippen LogP contribution in [0.1, 0.15) is 20.8 Å². The van der Waals surface area contributed by atoms with E-state index >= 15 is 0 Å². The van der Waals surface area contributed by atoms with Gasteiger partial charge in [0.15, 0.2) is 0 Å². The zero-order valence-corrected chi connectivity index (χ0v) is 10.7. The van der Waals surface area contributed by atoms with Crippen LogP contribution >= 0.6 is 15.9 Å². The third kappa shape index (κ3) is 2.34. The van der Waals surface area contributed by atoms with Gasteiger partial charge in [0.05, 0.1) is 0 Å². The molecule has 0 aliphatic rings. The molecule has 0 fully saturated rings. The molecular formula is C12H14BrNO. The monoisotopic (exact) mass is 267 g/mol. The van der Waals surface area contributed by atoms with E-state index in [9.17, 15) is 0 Å². The maximum absolute atomic E-state index is 5.80. The third-order valence-corrected chi connectivity index (χ3v) is 2.68. The van der Waals surface area contributed by atoms with E-state index in [0.29, 0.717) is 0 Å². The smallest absolute Gasteiger partial charge is 0.120 e. The van der Waals surface area contributed by atoms with E-state index in [4.69, 9.17) is 4.74 Å². The van der Waals surface area contributed by atoms with Crippen molar-refractivity contribution in [1.82, 2.24) is 4.98 Å². The SMILES string of the molecule is CC(C)(C)Oc1ccc2[nH]cc(Br)c2c1. The van der Waals surface area contributed by atoms with Gasteiger partial charge in [0.1, 0.15) is 11.4 Å². The summed E-state index contributed by atoms with van der Waals surface area (Å²) in [6.07, 6.45) is 1.94. The molecular weight excluding hydrogens is 254 g/mol. The largest absolute Gasteiger partial charge is 0.488 e. The van der Waals surface area contributed by atoms with Crippen LogP contribution in [0, 0.1) is 0 Å². The zero-order chi connectivity index (χ0) is 11.1. The van der Waals surface area contributed by atoms with Crippen molar-refractivity contribution >= 4 is 26.8 Å². The molecule has 0 saturated heterocycles. The molecule has 0 radical (unpaired) electrons. The topological polar surface area (TPSA) is 25.0 Å². The highest BCUT2D eigenvalue weighted by Crippen LogP contribution is 2.28. The summed E-state index contributed by atoms with van der Waals surface area (Å²) >= 11 is 3.49. The van der Waals surface area contributed by atoms with E-state index in [2.05, 4.69) is 20.9 Å². The van der Waals surface area contributed by atoms with Crippen LogP contribution in [-0.4, -0.2) is 10.6 Å². The number of fused-ring (bicyclic) bond motifs is 1. The fraction of sp³-hybridized carbons (Fsp3) is 0.333. The Morgan fingerprint density at radius 3 is 2.67 bits per heavy atom. The van der Waals surface area contributed by atoms with Gasteiger partial charge in [0.2, 0.25) is 0 Å². The standard InChI is InChI=1S/C12H14BrNO/c1-12(2,3)15-8-4-5-11-9(6-8)10(13)7-14-11/h4-7,14H,1-3H3. The number of H-pyrrole nitrogens is 1. The molecule has 0 amide bonds. The minimum Gasteiger partial charge on any atom is -0.488 e. The van der Waals surface area contributed by atoms with Crippen molar-refractivity contribution in [3.8, 4) is 5.75 Å². The lowest BCUT2D eigenvalue weighted by Crippen LogP contribution is -2.22. The number of rotatable bonds is 1. The third-order valence-electron chi connectivity index (χ3n) is 2.03. The number of hydrogen-bond donors (Lipinski definition) is 1. The Morgan fingerprint density at radius 2 is 2.00 bits per heavy atom. The Bertz CT molecular complexity index is 482. The molecule has 2 rings (SSSR count). The number of aromatic nitrogens is 1. The average Bonchev–Trinajstić information content (AvgIpc) is 2.45. The van der Waals surface area contributed by atoms with E-state index in [0.717, 1.165) is 21.1 Å². The molecule has 0 unspecified atom stereocenters. The second kappa shape index (κ2) is 3.56. The molecule has 1 N–H and O–H groups in total. The molecule has 1 heterocycles. The second-order valence-corrected chi connectivity index (χ2v) is 5.41. The van der Waals surface area contributed by atoms with Gasteiger partial charge in [0, 0.05) is 21.6 Å². The molecule has 0 aliphatic heterocycles. The van der Waals surface area contributed by atoms with Crippen LogP contribution in [0.3, 0.4) is 0 Å². The van der Waals surface area contributed by atoms with Gasteiger partial charge in [-0.25, -0.2) is 0 Å². The summed E-state index contributed by atoms with van der Waals surface area (Å²) in [6.45, 7) is 6.14. The Kier molecular flexibility index (Phi) is 2.51. The van der Waals surface area contributed by atoms with Crippen LogP contribution < -0.4 is 4.74 Å². The van der Waals surface area contributed by atoms with E-state index < -0.39 is 0 Å². The molecule has 0 spiro atoms. The van der Waals surface area contributed by atoms with Gasteiger partial charge in [-0.05, 0) is 54.9 Å². The maximum atomic E-state index is 5.80. The summed E-state index contributed by atoms with van der Waals surface area (Å²) in [5.74, 6) is 0.898. The molecule has 0 atom stereocenters. The lowest BCUT2D eigenvalue weighted by atomic mass is 10.2. The Morgan fingerprint density at radius 1 is 1.27 bits per heavy atom. The van der Waals surface area contributed by atoms with Crippen molar-refractivity contribution in [2.75, 3.05) is 0 Å². The van der Waals surface area contributed by atoms with E-state index in [1.165, 1.54) is 0 Å².